The van der Waals surface area contributed by atoms with Crippen molar-refractivity contribution < 1.29 is 22.1 Å². The van der Waals surface area contributed by atoms with Crippen LogP contribution in [-0.2, 0) is 9.23 Å². The smallest absolute Gasteiger partial charge is 0.404 e. The molecule has 4 aromatic rings. The number of fused-ring (bicyclic) bond motifs is 2. The first-order valence-corrected chi connectivity index (χ1v) is 13.6. The monoisotopic (exact) mass is 716 g/mol. The summed E-state index contributed by atoms with van der Waals surface area (Å²) >= 11 is 7.05. The zero-order valence-electron chi connectivity index (χ0n) is 14.8. The van der Waals surface area contributed by atoms with Crippen molar-refractivity contribution in [3.63, 3.8) is 0 Å². The third-order valence-electron chi connectivity index (χ3n) is 4.54. The molecule has 154 valence electrons. The van der Waals surface area contributed by atoms with E-state index in [-0.39, 0.29) is 11.3 Å². The number of halogens is 6. The molecule has 0 aliphatic heterocycles. The summed E-state index contributed by atoms with van der Waals surface area (Å²) in [6, 6.07) is 18.0. The maximum absolute atomic E-state index is 13.4. The highest BCUT2D eigenvalue weighted by Gasteiger charge is 2.35. The normalized spacial score (nSPS) is 13.0. The Kier molecular flexibility index (Phi) is 6.35. The van der Waals surface area contributed by atoms with E-state index in [1.54, 1.807) is 24.3 Å². The fourth-order valence-electron chi connectivity index (χ4n) is 3.46. The molecule has 0 radical (unpaired) electrons. The molecule has 0 aliphatic rings. The van der Waals surface area contributed by atoms with E-state index in [4.69, 9.17) is 0 Å². The van der Waals surface area contributed by atoms with Crippen molar-refractivity contribution in [2.24, 2.45) is 0 Å². The molecule has 2 nitrogen and oxygen atoms in total. The van der Waals surface area contributed by atoms with Crippen molar-refractivity contribution in [2.75, 3.05) is 0 Å². The zero-order valence-corrected chi connectivity index (χ0v) is 21.5. The highest BCUT2D eigenvalue weighted by atomic mass is 127. The molecule has 0 fully saturated rings. The molecule has 0 heterocycles. The molecule has 0 saturated carbocycles. The van der Waals surface area contributed by atoms with Crippen LogP contribution in [-0.4, -0.2) is 10.6 Å². The van der Waals surface area contributed by atoms with E-state index < -0.39 is 15.6 Å². The first-order valence-electron chi connectivity index (χ1n) is 8.44. The summed E-state index contributed by atoms with van der Waals surface area (Å²) in [5, 5.41) is 2.88. The van der Waals surface area contributed by atoms with Crippen LogP contribution in [0.15, 0.2) is 65.6 Å². The molecule has 0 aliphatic carbocycles. The van der Waals surface area contributed by atoms with Gasteiger partial charge < -0.3 is 4.74 Å². The van der Waals surface area contributed by atoms with Gasteiger partial charge in [-0.3, -0.25) is 0 Å². The van der Waals surface area contributed by atoms with Crippen molar-refractivity contribution >= 4 is 90.8 Å². The van der Waals surface area contributed by atoms with Crippen LogP contribution in [0.1, 0.15) is 0 Å². The number of hydrogen-bond acceptors (Lipinski definition) is 2. The van der Waals surface area contributed by atoms with E-state index in [9.17, 15) is 17.4 Å². The van der Waals surface area contributed by atoms with Crippen LogP contribution in [0.4, 0.5) is 13.2 Å². The molecule has 30 heavy (non-hydrogen) atoms. The van der Waals surface area contributed by atoms with Crippen LogP contribution in [0.25, 0.3) is 32.7 Å². The summed E-state index contributed by atoms with van der Waals surface area (Å²) in [5.41, 5.74) is 0.731. The van der Waals surface area contributed by atoms with Gasteiger partial charge in [-0.05, 0) is 78.9 Å². The van der Waals surface area contributed by atoms with E-state index in [0.717, 1.165) is 10.8 Å². The lowest BCUT2D eigenvalue weighted by molar-refractivity contribution is -0.274. The Hall–Kier alpha value is -0.920. The summed E-state index contributed by atoms with van der Waals surface area (Å²) in [4.78, 5) is 0.411. The Labute approximate surface area is 207 Å². The second-order valence-corrected chi connectivity index (χ2v) is 11.3. The summed E-state index contributed by atoms with van der Waals surface area (Å²) < 4.78 is 58.3. The van der Waals surface area contributed by atoms with E-state index in [1.807, 2.05) is 59.0 Å². The van der Waals surface area contributed by atoms with Gasteiger partial charge in [0.05, 0.1) is 8.47 Å². The Morgan fingerprint density at radius 3 is 1.87 bits per heavy atom. The van der Waals surface area contributed by atoms with Gasteiger partial charge in [0, 0.05) is 29.5 Å². The number of alkyl halides is 3. The van der Waals surface area contributed by atoms with Crippen molar-refractivity contribution in [3.05, 3.63) is 67.8 Å². The quantitative estimate of drug-likeness (QED) is 0.158. The maximum Gasteiger partial charge on any atom is 0.573 e. The average molecular weight is 717 g/mol. The van der Waals surface area contributed by atoms with Gasteiger partial charge in [-0.1, -0.05) is 48.5 Å². The molecule has 9 heteroatoms. The Morgan fingerprint density at radius 2 is 1.33 bits per heavy atom. The predicted octanol–water partition coefficient (Wildman–Crippen LogP) is 8.19. The van der Waals surface area contributed by atoms with Crippen LogP contribution < -0.4 is 4.74 Å². The third kappa shape index (κ3) is 4.22. The summed E-state index contributed by atoms with van der Waals surface area (Å²) in [5.74, 6) is -0.298. The molecule has 0 amide bonds. The fourth-order valence-corrected chi connectivity index (χ4v) is 7.88. The van der Waals surface area contributed by atoms with E-state index >= 15 is 0 Å². The minimum absolute atomic E-state index is 0.271. The zero-order chi connectivity index (χ0) is 21.6. The first kappa shape index (κ1) is 22.3. The van der Waals surface area contributed by atoms with Crippen LogP contribution in [0.3, 0.4) is 0 Å². The summed E-state index contributed by atoms with van der Waals surface area (Å²) in [6.45, 7) is 0. The lowest BCUT2D eigenvalue weighted by atomic mass is 9.93. The lowest BCUT2D eigenvalue weighted by Crippen LogP contribution is -2.18. The third-order valence-corrected chi connectivity index (χ3v) is 8.28. The fraction of sp³-hybridized carbons (Fsp3) is 0.0476. The van der Waals surface area contributed by atoms with E-state index in [1.165, 1.54) is 0 Å². The van der Waals surface area contributed by atoms with Crippen LogP contribution in [0, 0.1) is 7.14 Å². The standard InChI is InChI=1S/C21H10BrF3I2O2S/c22-30(28)20-16(27)10-12-6-2-4-8-14(12)18(20)17-13-7-3-1-5-11(13)9-15(26)19(17)29-21(23,24)25/h1-10H. The number of ether oxygens (including phenoxy) is 1. The van der Waals surface area contributed by atoms with Crippen LogP contribution in [0.2, 0.25) is 0 Å². The molecule has 1 unspecified atom stereocenters. The Morgan fingerprint density at radius 1 is 0.833 bits per heavy atom. The van der Waals surface area contributed by atoms with Crippen molar-refractivity contribution in [3.8, 4) is 16.9 Å². The lowest BCUT2D eigenvalue weighted by Gasteiger charge is -2.21. The maximum atomic E-state index is 13.4. The van der Waals surface area contributed by atoms with Gasteiger partial charge in [0.1, 0.15) is 9.23 Å². The average Bonchev–Trinajstić information content (AvgIpc) is 2.66. The second-order valence-electron chi connectivity index (χ2n) is 6.34. The van der Waals surface area contributed by atoms with Crippen LogP contribution in [0.5, 0.6) is 5.75 Å². The number of benzene rings is 4. The molecule has 0 saturated heterocycles. The minimum Gasteiger partial charge on any atom is -0.404 e. The van der Waals surface area contributed by atoms with Gasteiger partial charge in [0.2, 0.25) is 0 Å². The van der Waals surface area contributed by atoms with Gasteiger partial charge in [0.25, 0.3) is 0 Å². The van der Waals surface area contributed by atoms with Crippen molar-refractivity contribution in [2.45, 2.75) is 11.3 Å². The van der Waals surface area contributed by atoms with Gasteiger partial charge in [-0.15, -0.1) is 13.2 Å². The van der Waals surface area contributed by atoms with E-state index in [2.05, 4.69) is 42.1 Å². The number of hydrogen-bond donors (Lipinski definition) is 0. The molecule has 0 aromatic heterocycles. The number of rotatable bonds is 3. The second kappa shape index (κ2) is 8.55. The molecule has 0 bridgehead atoms. The first-order chi connectivity index (χ1) is 14.2. The van der Waals surface area contributed by atoms with Gasteiger partial charge >= 0.3 is 6.36 Å². The molecule has 4 aromatic carbocycles. The van der Waals surface area contributed by atoms with Crippen LogP contribution >= 0.6 is 60.0 Å². The highest BCUT2D eigenvalue weighted by molar-refractivity contribution is 14.1. The largest absolute Gasteiger partial charge is 0.573 e. The minimum atomic E-state index is -4.87. The van der Waals surface area contributed by atoms with Gasteiger partial charge in [-0.25, -0.2) is 4.21 Å². The van der Waals surface area contributed by atoms with Crippen molar-refractivity contribution in [1.29, 1.82) is 0 Å². The summed E-state index contributed by atoms with van der Waals surface area (Å²) in [6.07, 6.45) is -4.87. The predicted molar refractivity (Wildman–Crippen MR) is 134 cm³/mol. The SMILES string of the molecule is O=S(Br)c1c(I)cc2ccccc2c1-c1c(OC(F)(F)F)c(I)cc2ccccc12. The van der Waals surface area contributed by atoms with E-state index in [0.29, 0.717) is 28.4 Å². The topological polar surface area (TPSA) is 26.3 Å². The highest BCUT2D eigenvalue weighted by Crippen LogP contribution is 2.48. The van der Waals surface area contributed by atoms with Gasteiger partial charge in [0.15, 0.2) is 5.75 Å². The molecule has 1 atom stereocenters. The Balaban J connectivity index is 2.27. The molecule has 4 rings (SSSR count). The summed E-state index contributed by atoms with van der Waals surface area (Å²) in [7, 11) is -1.62. The molecular formula is C21H10BrF3I2O2S. The molecule has 0 spiro atoms. The molecule has 0 N–H and O–H groups in total. The van der Waals surface area contributed by atoms with Crippen molar-refractivity contribution in [1.82, 2.24) is 0 Å². The van der Waals surface area contributed by atoms with Gasteiger partial charge in [-0.2, -0.15) is 0 Å². The Bertz CT molecular complexity index is 1330. The molecular weight excluding hydrogens is 707 g/mol.